The number of likely N-dealkylation sites (tertiary alicyclic amines) is 1. The number of hydrogen-bond donors (Lipinski definition) is 2. The van der Waals surface area contributed by atoms with E-state index in [2.05, 4.69) is 15.1 Å². The van der Waals surface area contributed by atoms with Crippen LogP contribution in [0.1, 0.15) is 16.3 Å². The summed E-state index contributed by atoms with van der Waals surface area (Å²) in [6.07, 6.45) is -0.0585. The van der Waals surface area contributed by atoms with Crippen molar-refractivity contribution < 1.29 is 9.90 Å². The number of carbonyl (C=O) groups is 1. The standard InChI is InChI=1S/C18H19N5O3/c1-22-18(26)20-16(21-22)17(25)23-9-12(15(24)10-23)8-13-7-6-11-4-2-3-5-14(11)19-13/h2-7,12,15,24H,8-10H2,1H3,(H,20,21,26)/t12-,15-/m1/s1. The van der Waals surface area contributed by atoms with Crippen molar-refractivity contribution in [3.05, 3.63) is 58.4 Å². The van der Waals surface area contributed by atoms with Crippen molar-refractivity contribution in [2.45, 2.75) is 12.5 Å². The van der Waals surface area contributed by atoms with Crippen LogP contribution in [0.3, 0.4) is 0 Å². The van der Waals surface area contributed by atoms with Gasteiger partial charge in [0.05, 0.1) is 11.6 Å². The van der Waals surface area contributed by atoms with Gasteiger partial charge in [-0.05, 0) is 18.6 Å². The summed E-state index contributed by atoms with van der Waals surface area (Å²) in [7, 11) is 1.47. The van der Waals surface area contributed by atoms with E-state index in [1.165, 1.54) is 11.9 Å². The van der Waals surface area contributed by atoms with Crippen molar-refractivity contribution >= 4 is 16.8 Å². The number of benzene rings is 1. The van der Waals surface area contributed by atoms with Crippen LogP contribution < -0.4 is 5.69 Å². The molecule has 0 unspecified atom stereocenters. The number of aliphatic hydroxyl groups excluding tert-OH is 1. The second-order valence-electron chi connectivity index (χ2n) is 6.64. The smallest absolute Gasteiger partial charge is 0.343 e. The molecule has 0 aliphatic carbocycles. The first-order valence-corrected chi connectivity index (χ1v) is 8.46. The molecule has 4 rings (SSSR count). The average Bonchev–Trinajstić information content (AvgIpc) is 3.17. The Morgan fingerprint density at radius 3 is 2.85 bits per heavy atom. The molecule has 3 aromatic rings. The lowest BCUT2D eigenvalue weighted by Crippen LogP contribution is -2.30. The SMILES string of the molecule is Cn1nc(C(=O)N2C[C@@H](Cc3ccc4ccccc4n3)[C@H](O)C2)[nH]c1=O. The lowest BCUT2D eigenvalue weighted by molar-refractivity contribution is 0.0752. The Balaban J connectivity index is 1.49. The Morgan fingerprint density at radius 1 is 1.27 bits per heavy atom. The molecule has 1 aliphatic rings. The van der Waals surface area contributed by atoms with Gasteiger partial charge in [0.25, 0.3) is 5.91 Å². The molecule has 2 N–H and O–H groups in total. The molecule has 1 amide bonds. The first kappa shape index (κ1) is 16.5. The van der Waals surface area contributed by atoms with E-state index in [9.17, 15) is 14.7 Å². The number of aliphatic hydroxyl groups is 1. The summed E-state index contributed by atoms with van der Waals surface area (Å²) < 4.78 is 1.08. The predicted octanol–water partition coefficient (Wildman–Crippen LogP) is 0.332. The van der Waals surface area contributed by atoms with Crippen molar-refractivity contribution in [1.29, 1.82) is 0 Å². The molecule has 2 aromatic heterocycles. The number of aromatic nitrogens is 4. The van der Waals surface area contributed by atoms with E-state index in [1.807, 2.05) is 36.4 Å². The zero-order valence-electron chi connectivity index (χ0n) is 14.3. The van der Waals surface area contributed by atoms with Crippen LogP contribution >= 0.6 is 0 Å². The summed E-state index contributed by atoms with van der Waals surface area (Å²) >= 11 is 0. The van der Waals surface area contributed by atoms with Gasteiger partial charge in [0.2, 0.25) is 5.82 Å². The number of β-amino-alcohol motifs (C(OH)–C–C–N with tert-alkyl or cyclic N) is 1. The molecule has 8 heteroatoms. The third kappa shape index (κ3) is 2.99. The Labute approximate surface area is 149 Å². The largest absolute Gasteiger partial charge is 0.391 e. The number of carbonyl (C=O) groups excluding carboxylic acids is 1. The van der Waals surface area contributed by atoms with Crippen molar-refractivity contribution in [3.63, 3.8) is 0 Å². The first-order valence-electron chi connectivity index (χ1n) is 8.46. The normalized spacial score (nSPS) is 20.0. The monoisotopic (exact) mass is 353 g/mol. The number of fused-ring (bicyclic) bond motifs is 1. The maximum atomic E-state index is 12.5. The minimum Gasteiger partial charge on any atom is -0.391 e. The van der Waals surface area contributed by atoms with Gasteiger partial charge < -0.3 is 10.0 Å². The zero-order valence-corrected chi connectivity index (χ0v) is 14.3. The van der Waals surface area contributed by atoms with Gasteiger partial charge in [-0.25, -0.2) is 9.48 Å². The van der Waals surface area contributed by atoms with Crippen molar-refractivity contribution in [1.82, 2.24) is 24.6 Å². The molecule has 1 aromatic carbocycles. The molecule has 3 heterocycles. The number of para-hydroxylation sites is 1. The number of nitrogens with one attached hydrogen (secondary N) is 1. The summed E-state index contributed by atoms with van der Waals surface area (Å²) in [5, 5.41) is 15.3. The summed E-state index contributed by atoms with van der Waals surface area (Å²) in [5.74, 6) is -0.493. The fraction of sp³-hybridized carbons (Fsp3) is 0.333. The van der Waals surface area contributed by atoms with Crippen LogP contribution in [0.25, 0.3) is 10.9 Å². The van der Waals surface area contributed by atoms with Gasteiger partial charge in [-0.15, -0.1) is 5.10 Å². The van der Waals surface area contributed by atoms with Gasteiger partial charge in [0.1, 0.15) is 0 Å². The van der Waals surface area contributed by atoms with Gasteiger partial charge in [-0.3, -0.25) is 14.8 Å². The average molecular weight is 353 g/mol. The molecule has 134 valence electrons. The molecule has 1 saturated heterocycles. The van der Waals surface area contributed by atoms with Crippen LogP contribution in [0.15, 0.2) is 41.2 Å². The van der Waals surface area contributed by atoms with Crippen LogP contribution in [-0.4, -0.2) is 54.9 Å². The number of rotatable bonds is 3. The fourth-order valence-electron chi connectivity index (χ4n) is 3.36. The van der Waals surface area contributed by atoms with E-state index in [4.69, 9.17) is 0 Å². The fourth-order valence-corrected chi connectivity index (χ4v) is 3.36. The number of aromatic amines is 1. The van der Waals surface area contributed by atoms with Crippen molar-refractivity contribution in [3.8, 4) is 0 Å². The Morgan fingerprint density at radius 2 is 2.08 bits per heavy atom. The molecule has 1 fully saturated rings. The zero-order chi connectivity index (χ0) is 18.3. The van der Waals surface area contributed by atoms with Crippen LogP contribution in [0.5, 0.6) is 0 Å². The number of amides is 1. The van der Waals surface area contributed by atoms with Gasteiger partial charge in [0, 0.05) is 37.1 Å². The maximum Gasteiger partial charge on any atom is 0.343 e. The lowest BCUT2D eigenvalue weighted by Gasteiger charge is -2.14. The van der Waals surface area contributed by atoms with Crippen LogP contribution in [0.2, 0.25) is 0 Å². The van der Waals surface area contributed by atoms with Crippen molar-refractivity contribution in [2.24, 2.45) is 13.0 Å². The van der Waals surface area contributed by atoms with E-state index in [0.717, 1.165) is 21.3 Å². The topological polar surface area (TPSA) is 104 Å². The number of hydrogen-bond acceptors (Lipinski definition) is 5. The molecule has 0 spiro atoms. The molecule has 1 aliphatic heterocycles. The number of H-pyrrole nitrogens is 1. The molecular formula is C18H19N5O3. The molecule has 0 saturated carbocycles. The molecule has 0 radical (unpaired) electrons. The second-order valence-corrected chi connectivity index (χ2v) is 6.64. The van der Waals surface area contributed by atoms with E-state index in [-0.39, 0.29) is 24.2 Å². The second kappa shape index (κ2) is 6.38. The highest BCUT2D eigenvalue weighted by atomic mass is 16.3. The molecule has 26 heavy (non-hydrogen) atoms. The van der Waals surface area contributed by atoms with Crippen LogP contribution in [0, 0.1) is 5.92 Å². The highest BCUT2D eigenvalue weighted by Crippen LogP contribution is 2.23. The van der Waals surface area contributed by atoms with Gasteiger partial charge in [0.15, 0.2) is 0 Å². The van der Waals surface area contributed by atoms with Gasteiger partial charge in [-0.1, -0.05) is 24.3 Å². The quantitative estimate of drug-likeness (QED) is 0.706. The van der Waals surface area contributed by atoms with Crippen molar-refractivity contribution in [2.75, 3.05) is 13.1 Å². The number of nitrogens with zero attached hydrogens (tertiary/aromatic N) is 4. The Kier molecular flexibility index (Phi) is 4.04. The van der Waals surface area contributed by atoms with Crippen LogP contribution in [-0.2, 0) is 13.5 Å². The minimum absolute atomic E-state index is 0.00539. The molecular weight excluding hydrogens is 334 g/mol. The summed E-state index contributed by atoms with van der Waals surface area (Å²) in [6.45, 7) is 0.614. The third-order valence-corrected chi connectivity index (χ3v) is 4.79. The first-order chi connectivity index (χ1) is 12.5. The number of aryl methyl sites for hydroxylation is 1. The van der Waals surface area contributed by atoms with Gasteiger partial charge >= 0.3 is 5.69 Å². The van der Waals surface area contributed by atoms with E-state index in [0.29, 0.717) is 13.0 Å². The predicted molar refractivity (Wildman–Crippen MR) is 94.7 cm³/mol. The summed E-state index contributed by atoms with van der Waals surface area (Å²) in [5.41, 5.74) is 1.36. The number of pyridine rings is 1. The van der Waals surface area contributed by atoms with Gasteiger partial charge in [-0.2, -0.15) is 0 Å². The third-order valence-electron chi connectivity index (χ3n) is 4.79. The maximum absolute atomic E-state index is 12.5. The lowest BCUT2D eigenvalue weighted by atomic mass is 9.99. The van der Waals surface area contributed by atoms with E-state index >= 15 is 0 Å². The molecule has 8 nitrogen and oxygen atoms in total. The highest BCUT2D eigenvalue weighted by Gasteiger charge is 2.35. The minimum atomic E-state index is -0.636. The van der Waals surface area contributed by atoms with Crippen LogP contribution in [0.4, 0.5) is 0 Å². The summed E-state index contributed by atoms with van der Waals surface area (Å²) in [4.78, 5) is 32.5. The summed E-state index contributed by atoms with van der Waals surface area (Å²) in [6, 6.07) is 11.8. The Bertz CT molecular complexity index is 1020. The molecule has 2 atom stereocenters. The van der Waals surface area contributed by atoms with E-state index < -0.39 is 11.8 Å². The highest BCUT2D eigenvalue weighted by molar-refractivity contribution is 5.90. The Hall–Kier alpha value is -3.00. The van der Waals surface area contributed by atoms with E-state index in [1.54, 1.807) is 0 Å². The molecule has 0 bridgehead atoms.